The van der Waals surface area contributed by atoms with Crippen LogP contribution in [-0.2, 0) is 0 Å². The lowest BCUT2D eigenvalue weighted by Crippen LogP contribution is -2.02. The number of nitrogens with zero attached hydrogens (tertiary/aromatic N) is 6. The molecule has 0 aliphatic rings. The highest BCUT2D eigenvalue weighted by Gasteiger charge is 2.22. The molecule has 0 radical (unpaired) electrons. The molecule has 0 saturated heterocycles. The number of thiazole rings is 1. The maximum Gasteiger partial charge on any atom is 0.348 e. The van der Waals surface area contributed by atoms with Gasteiger partial charge < -0.3 is 5.32 Å². The van der Waals surface area contributed by atoms with Gasteiger partial charge in [0, 0.05) is 5.38 Å². The number of anilines is 2. The third-order valence-corrected chi connectivity index (χ3v) is 3.65. The molecule has 0 unspecified atom stereocenters. The van der Waals surface area contributed by atoms with Crippen LogP contribution >= 0.6 is 22.9 Å². The predicted octanol–water partition coefficient (Wildman–Crippen LogP) is 2.19. The number of halogens is 1. The summed E-state index contributed by atoms with van der Waals surface area (Å²) in [6, 6.07) is 0. The number of aryl methyl sites for hydroxylation is 1. The van der Waals surface area contributed by atoms with E-state index in [4.69, 9.17) is 11.6 Å². The second-order valence-electron chi connectivity index (χ2n) is 3.75. The fourth-order valence-corrected chi connectivity index (χ4v) is 2.56. The van der Waals surface area contributed by atoms with Gasteiger partial charge in [-0.1, -0.05) is 11.6 Å². The molecule has 3 heterocycles. The van der Waals surface area contributed by atoms with Crippen LogP contribution in [0.1, 0.15) is 5.69 Å². The minimum atomic E-state index is -0.658. The van der Waals surface area contributed by atoms with Gasteiger partial charge in [-0.05, 0) is 6.92 Å². The van der Waals surface area contributed by atoms with Crippen LogP contribution < -0.4 is 5.32 Å². The molecule has 0 bridgehead atoms. The van der Waals surface area contributed by atoms with Crippen molar-refractivity contribution in [2.45, 2.75) is 6.92 Å². The highest BCUT2D eigenvalue weighted by molar-refractivity contribution is 7.15. The number of hydrogen-bond donors (Lipinski definition) is 1. The molecule has 0 fully saturated rings. The third-order valence-electron chi connectivity index (χ3n) is 2.44. The molecule has 0 atom stereocenters. The molecule has 0 aliphatic carbocycles. The Balaban J connectivity index is 2.02. The van der Waals surface area contributed by atoms with Crippen molar-refractivity contribution in [2.75, 3.05) is 5.32 Å². The Kier molecular flexibility index (Phi) is 2.95. The summed E-state index contributed by atoms with van der Waals surface area (Å²) in [5.41, 5.74) is 0.504. The molecule has 0 aliphatic heterocycles. The van der Waals surface area contributed by atoms with Gasteiger partial charge in [-0.15, -0.1) is 16.4 Å². The maximum atomic E-state index is 11.0. The van der Waals surface area contributed by atoms with Crippen LogP contribution in [0.3, 0.4) is 0 Å². The minimum Gasteiger partial charge on any atom is -0.301 e. The molecule has 0 amide bonds. The maximum absolute atomic E-state index is 11.0. The van der Waals surface area contributed by atoms with E-state index in [2.05, 4.69) is 25.4 Å². The summed E-state index contributed by atoms with van der Waals surface area (Å²) in [4.78, 5) is 22.6. The quantitative estimate of drug-likeness (QED) is 0.448. The van der Waals surface area contributed by atoms with Gasteiger partial charge in [0.2, 0.25) is 21.9 Å². The second-order valence-corrected chi connectivity index (χ2v) is 4.95. The Morgan fingerprint density at radius 3 is 3.00 bits per heavy atom. The number of fused-ring (bicyclic) bond motifs is 1. The Morgan fingerprint density at radius 1 is 1.50 bits per heavy atom. The molecule has 3 aromatic heterocycles. The number of aromatic nitrogens is 5. The molecule has 0 saturated carbocycles. The summed E-state index contributed by atoms with van der Waals surface area (Å²) < 4.78 is 1.63. The van der Waals surface area contributed by atoms with Crippen LogP contribution in [0, 0.1) is 17.0 Å². The van der Waals surface area contributed by atoms with Crippen molar-refractivity contribution in [3.63, 3.8) is 0 Å². The molecular formula is C9H6ClN7O2S. The molecule has 1 N–H and O–H groups in total. The van der Waals surface area contributed by atoms with Gasteiger partial charge in [0.15, 0.2) is 0 Å². The molecule has 102 valence electrons. The largest absolute Gasteiger partial charge is 0.348 e. The fraction of sp³-hybridized carbons (Fsp3) is 0.111. The molecule has 3 aromatic rings. The predicted molar refractivity (Wildman–Crippen MR) is 72.6 cm³/mol. The van der Waals surface area contributed by atoms with E-state index in [0.717, 1.165) is 12.0 Å². The number of nitrogens with one attached hydrogen (secondary N) is 1. The van der Waals surface area contributed by atoms with Crippen LogP contribution in [0.15, 0.2) is 11.7 Å². The Morgan fingerprint density at radius 2 is 2.30 bits per heavy atom. The monoisotopic (exact) mass is 311 g/mol. The van der Waals surface area contributed by atoms with Gasteiger partial charge in [0.25, 0.3) is 0 Å². The zero-order chi connectivity index (χ0) is 14.3. The number of hydrogen-bond acceptors (Lipinski definition) is 8. The molecule has 3 rings (SSSR count). The van der Waals surface area contributed by atoms with Crippen LogP contribution in [0.25, 0.3) is 4.96 Å². The van der Waals surface area contributed by atoms with Crippen LogP contribution in [-0.4, -0.2) is 29.5 Å². The van der Waals surface area contributed by atoms with Crippen molar-refractivity contribution in [1.29, 1.82) is 0 Å². The van der Waals surface area contributed by atoms with Crippen molar-refractivity contribution in [3.05, 3.63) is 32.7 Å². The van der Waals surface area contributed by atoms with Crippen LogP contribution in [0.2, 0.25) is 5.15 Å². The Hall–Kier alpha value is -2.33. The number of nitro groups is 1. The van der Waals surface area contributed by atoms with Gasteiger partial charge in [-0.25, -0.2) is 14.5 Å². The first-order valence-corrected chi connectivity index (χ1v) is 6.55. The average Bonchev–Trinajstić information content (AvgIpc) is 2.91. The summed E-state index contributed by atoms with van der Waals surface area (Å²) in [5.74, 6) is 0.156. The summed E-state index contributed by atoms with van der Waals surface area (Å²) in [7, 11) is 0. The smallest absolute Gasteiger partial charge is 0.301 e. The minimum absolute atomic E-state index is 0.0501. The SMILES string of the molecule is Cc1csc2nc(Nc3ncnc(Cl)c3[N+](=O)[O-])nn12. The van der Waals surface area contributed by atoms with E-state index in [0.29, 0.717) is 4.96 Å². The van der Waals surface area contributed by atoms with Crippen molar-refractivity contribution in [1.82, 2.24) is 24.6 Å². The van der Waals surface area contributed by atoms with Gasteiger partial charge in [-0.2, -0.15) is 4.98 Å². The van der Waals surface area contributed by atoms with E-state index in [1.54, 1.807) is 4.52 Å². The van der Waals surface area contributed by atoms with Crippen molar-refractivity contribution in [2.24, 2.45) is 0 Å². The lowest BCUT2D eigenvalue weighted by atomic mass is 10.5. The lowest BCUT2D eigenvalue weighted by Gasteiger charge is -2.02. The van der Waals surface area contributed by atoms with Gasteiger partial charge >= 0.3 is 5.69 Å². The summed E-state index contributed by atoms with van der Waals surface area (Å²) in [6.45, 7) is 1.88. The number of rotatable bonds is 3. The van der Waals surface area contributed by atoms with Crippen LogP contribution in [0.4, 0.5) is 17.5 Å². The normalized spacial score (nSPS) is 10.9. The summed E-state index contributed by atoms with van der Waals surface area (Å²) in [5, 5.41) is 19.5. The van der Waals surface area contributed by atoms with Gasteiger partial charge in [0.1, 0.15) is 6.33 Å². The molecule has 11 heteroatoms. The first-order chi connectivity index (χ1) is 9.56. The van der Waals surface area contributed by atoms with Crippen molar-refractivity contribution < 1.29 is 4.92 Å². The third kappa shape index (κ3) is 2.04. The van der Waals surface area contributed by atoms with E-state index in [1.165, 1.54) is 11.3 Å². The zero-order valence-corrected chi connectivity index (χ0v) is 11.5. The average molecular weight is 312 g/mol. The molecule has 0 spiro atoms. The highest BCUT2D eigenvalue weighted by atomic mass is 35.5. The van der Waals surface area contributed by atoms with Crippen molar-refractivity contribution >= 4 is 45.4 Å². The van der Waals surface area contributed by atoms with Gasteiger partial charge in [0.05, 0.1) is 10.6 Å². The first-order valence-electron chi connectivity index (χ1n) is 5.29. The Labute approximate surface area is 120 Å². The van der Waals surface area contributed by atoms with E-state index >= 15 is 0 Å². The molecular weight excluding hydrogens is 306 g/mol. The fourth-order valence-electron chi connectivity index (χ4n) is 1.56. The molecule has 20 heavy (non-hydrogen) atoms. The summed E-state index contributed by atoms with van der Waals surface area (Å²) in [6.07, 6.45) is 1.13. The van der Waals surface area contributed by atoms with E-state index < -0.39 is 10.6 Å². The Bertz CT molecular complexity index is 814. The van der Waals surface area contributed by atoms with Gasteiger partial charge in [-0.3, -0.25) is 10.1 Å². The lowest BCUT2D eigenvalue weighted by molar-refractivity contribution is -0.384. The van der Waals surface area contributed by atoms with E-state index in [9.17, 15) is 10.1 Å². The molecule has 0 aromatic carbocycles. The van der Waals surface area contributed by atoms with Crippen LogP contribution in [0.5, 0.6) is 0 Å². The van der Waals surface area contributed by atoms with E-state index in [1.807, 2.05) is 12.3 Å². The van der Waals surface area contributed by atoms with E-state index in [-0.39, 0.29) is 16.9 Å². The summed E-state index contributed by atoms with van der Waals surface area (Å²) >= 11 is 7.11. The second kappa shape index (κ2) is 4.65. The first kappa shape index (κ1) is 12.7. The zero-order valence-electron chi connectivity index (χ0n) is 9.94. The van der Waals surface area contributed by atoms with Crippen molar-refractivity contribution in [3.8, 4) is 0 Å². The molecule has 9 nitrogen and oxygen atoms in total. The topological polar surface area (TPSA) is 111 Å². The highest BCUT2D eigenvalue weighted by Crippen LogP contribution is 2.30. The standard InChI is InChI=1S/C9H6ClN7O2S/c1-4-2-20-9-14-8(15-16(4)9)13-7-5(17(18)19)6(10)11-3-12-7/h2-3H,1H3,(H,11,12,13,15).